The Morgan fingerprint density at radius 1 is 1.18 bits per heavy atom. The van der Waals surface area contributed by atoms with E-state index in [1.165, 1.54) is 22.1 Å². The van der Waals surface area contributed by atoms with Gasteiger partial charge >= 0.3 is 0 Å². The molecule has 8 heteroatoms. The molecule has 2 aromatic heterocycles. The van der Waals surface area contributed by atoms with Crippen molar-refractivity contribution in [2.24, 2.45) is 0 Å². The summed E-state index contributed by atoms with van der Waals surface area (Å²) in [6.45, 7) is 2.87. The number of hydrogen-bond acceptors (Lipinski definition) is 6. The number of thiazole rings is 1. The molecule has 1 unspecified atom stereocenters. The summed E-state index contributed by atoms with van der Waals surface area (Å²) in [5, 5.41) is 7.68. The quantitative estimate of drug-likeness (QED) is 0.689. The zero-order valence-electron chi connectivity index (χ0n) is 15.6. The van der Waals surface area contributed by atoms with E-state index in [2.05, 4.69) is 20.3 Å². The highest BCUT2D eigenvalue weighted by Gasteiger charge is 2.23. The normalized spacial score (nSPS) is 17.6. The Morgan fingerprint density at radius 2 is 2.07 bits per heavy atom. The van der Waals surface area contributed by atoms with Gasteiger partial charge in [-0.2, -0.15) is 5.10 Å². The van der Waals surface area contributed by atoms with Crippen molar-refractivity contribution in [3.8, 4) is 0 Å². The summed E-state index contributed by atoms with van der Waals surface area (Å²) >= 11 is 1.42. The van der Waals surface area contributed by atoms with Crippen LogP contribution in [-0.2, 0) is 6.54 Å². The van der Waals surface area contributed by atoms with E-state index >= 15 is 0 Å². The van der Waals surface area contributed by atoms with Crippen molar-refractivity contribution in [1.82, 2.24) is 25.0 Å². The van der Waals surface area contributed by atoms with Crippen molar-refractivity contribution < 1.29 is 4.79 Å². The molecule has 4 rings (SSSR count). The van der Waals surface area contributed by atoms with Crippen LogP contribution in [0.25, 0.3) is 10.2 Å². The summed E-state index contributed by atoms with van der Waals surface area (Å²) in [5.41, 5.74) is 0.776. The number of carbonyl (C=O) groups excluding carboxylic acids is 1. The van der Waals surface area contributed by atoms with E-state index in [1.807, 2.05) is 24.3 Å². The first-order valence-corrected chi connectivity index (χ1v) is 10.4. The lowest BCUT2D eigenvalue weighted by Gasteiger charge is -2.35. The minimum Gasteiger partial charge on any atom is -0.348 e. The monoisotopic (exact) mass is 397 g/mol. The van der Waals surface area contributed by atoms with Crippen molar-refractivity contribution in [1.29, 1.82) is 0 Å². The lowest BCUT2D eigenvalue weighted by molar-refractivity contribution is 0.0909. The number of nitrogens with zero attached hydrogens (tertiary/aromatic N) is 4. The fraction of sp³-hybridized carbons (Fsp3) is 0.400. The standard InChI is InChI=1S/C20H23N5O2S/c26-18-9-5-10-22-25(18)13-12-24-11-4-3-6-15(24)14-21-19(27)20-23-16-7-1-2-8-17(16)28-20/h1-2,5,7-10,15H,3-4,6,11-14H2,(H,21,27). The van der Waals surface area contributed by atoms with Crippen LogP contribution in [0.2, 0.25) is 0 Å². The Hall–Kier alpha value is -2.58. The lowest BCUT2D eigenvalue weighted by atomic mass is 10.0. The number of rotatable bonds is 6. The Bertz CT molecular complexity index is 982. The zero-order chi connectivity index (χ0) is 19.3. The van der Waals surface area contributed by atoms with Gasteiger partial charge in [-0.15, -0.1) is 11.3 Å². The van der Waals surface area contributed by atoms with Crippen LogP contribution in [0.5, 0.6) is 0 Å². The van der Waals surface area contributed by atoms with Gasteiger partial charge in [-0.05, 0) is 37.6 Å². The number of benzene rings is 1. The average Bonchev–Trinajstić information content (AvgIpc) is 3.16. The molecule has 1 saturated heterocycles. The summed E-state index contributed by atoms with van der Waals surface area (Å²) in [5.74, 6) is -0.118. The molecule has 1 amide bonds. The molecule has 0 radical (unpaired) electrons. The molecule has 1 atom stereocenters. The molecule has 0 bridgehead atoms. The molecule has 1 N–H and O–H groups in total. The van der Waals surface area contributed by atoms with Gasteiger partial charge in [0.15, 0.2) is 5.01 Å². The van der Waals surface area contributed by atoms with Crippen LogP contribution >= 0.6 is 11.3 Å². The van der Waals surface area contributed by atoms with E-state index < -0.39 is 0 Å². The number of nitrogens with one attached hydrogen (secondary N) is 1. The number of likely N-dealkylation sites (tertiary alicyclic amines) is 1. The summed E-state index contributed by atoms with van der Waals surface area (Å²) in [6, 6.07) is 11.2. The van der Waals surface area contributed by atoms with Crippen molar-refractivity contribution in [3.05, 3.63) is 58.0 Å². The number of amides is 1. The fourth-order valence-corrected chi connectivity index (χ4v) is 4.50. The minimum atomic E-state index is -0.118. The summed E-state index contributed by atoms with van der Waals surface area (Å²) in [7, 11) is 0. The van der Waals surface area contributed by atoms with Crippen LogP contribution in [0.4, 0.5) is 0 Å². The van der Waals surface area contributed by atoms with Crippen molar-refractivity contribution in [2.75, 3.05) is 19.6 Å². The second-order valence-electron chi connectivity index (χ2n) is 6.97. The molecular formula is C20H23N5O2S. The van der Waals surface area contributed by atoms with Gasteiger partial charge in [-0.3, -0.25) is 14.5 Å². The van der Waals surface area contributed by atoms with Crippen LogP contribution in [0.1, 0.15) is 29.1 Å². The molecule has 0 spiro atoms. The maximum Gasteiger partial charge on any atom is 0.280 e. The van der Waals surface area contributed by atoms with Crippen LogP contribution < -0.4 is 10.9 Å². The molecule has 1 aliphatic heterocycles. The van der Waals surface area contributed by atoms with Gasteiger partial charge in [0.05, 0.1) is 16.8 Å². The molecule has 146 valence electrons. The van der Waals surface area contributed by atoms with Gasteiger partial charge in [0, 0.05) is 31.4 Å². The second kappa shape index (κ2) is 8.62. The van der Waals surface area contributed by atoms with E-state index in [1.54, 1.807) is 12.3 Å². The third-order valence-electron chi connectivity index (χ3n) is 5.12. The molecule has 7 nitrogen and oxygen atoms in total. The summed E-state index contributed by atoms with van der Waals surface area (Å²) < 4.78 is 2.51. The molecule has 1 aliphatic rings. The van der Waals surface area contributed by atoms with Crippen molar-refractivity contribution in [3.63, 3.8) is 0 Å². The highest BCUT2D eigenvalue weighted by molar-refractivity contribution is 7.20. The highest BCUT2D eigenvalue weighted by atomic mass is 32.1. The van der Waals surface area contributed by atoms with Crippen molar-refractivity contribution in [2.45, 2.75) is 31.8 Å². The number of aromatic nitrogens is 3. The van der Waals surface area contributed by atoms with Gasteiger partial charge < -0.3 is 5.32 Å². The smallest absolute Gasteiger partial charge is 0.280 e. The predicted octanol–water partition coefficient (Wildman–Crippen LogP) is 2.14. The first kappa shape index (κ1) is 18.8. The van der Waals surface area contributed by atoms with Gasteiger partial charge in [-0.25, -0.2) is 9.67 Å². The van der Waals surface area contributed by atoms with E-state index in [9.17, 15) is 9.59 Å². The zero-order valence-corrected chi connectivity index (χ0v) is 16.4. The summed E-state index contributed by atoms with van der Waals surface area (Å²) in [6.07, 6.45) is 4.96. The largest absolute Gasteiger partial charge is 0.348 e. The Kier molecular flexibility index (Phi) is 5.78. The molecule has 0 saturated carbocycles. The Morgan fingerprint density at radius 3 is 2.93 bits per heavy atom. The molecule has 3 heterocycles. The highest BCUT2D eigenvalue weighted by Crippen LogP contribution is 2.21. The van der Waals surface area contributed by atoms with Crippen LogP contribution in [0.3, 0.4) is 0 Å². The van der Waals surface area contributed by atoms with E-state index in [0.29, 0.717) is 18.1 Å². The molecule has 28 heavy (non-hydrogen) atoms. The third kappa shape index (κ3) is 4.28. The fourth-order valence-electron chi connectivity index (χ4n) is 3.62. The SMILES string of the molecule is O=C(NCC1CCCCN1CCn1ncccc1=O)c1nc2ccccc2s1. The molecule has 3 aromatic rings. The maximum atomic E-state index is 12.6. The molecular weight excluding hydrogens is 374 g/mol. The number of fused-ring (bicyclic) bond motifs is 1. The number of para-hydroxylation sites is 1. The Labute approximate surface area is 167 Å². The maximum absolute atomic E-state index is 12.6. The number of carbonyl (C=O) groups is 1. The average molecular weight is 398 g/mol. The molecule has 1 fully saturated rings. The van der Waals surface area contributed by atoms with E-state index in [4.69, 9.17) is 0 Å². The lowest BCUT2D eigenvalue weighted by Crippen LogP contribution is -2.48. The van der Waals surface area contributed by atoms with E-state index in [0.717, 1.165) is 42.6 Å². The van der Waals surface area contributed by atoms with Gasteiger partial charge in [0.25, 0.3) is 11.5 Å². The minimum absolute atomic E-state index is 0.0831. The number of hydrogen-bond donors (Lipinski definition) is 1. The van der Waals surface area contributed by atoms with Crippen LogP contribution in [-0.4, -0.2) is 51.2 Å². The summed E-state index contributed by atoms with van der Waals surface area (Å²) in [4.78, 5) is 31.2. The van der Waals surface area contributed by atoms with Crippen LogP contribution in [0.15, 0.2) is 47.4 Å². The van der Waals surface area contributed by atoms with Gasteiger partial charge in [-0.1, -0.05) is 18.6 Å². The third-order valence-corrected chi connectivity index (χ3v) is 6.15. The van der Waals surface area contributed by atoms with Crippen molar-refractivity contribution >= 4 is 27.5 Å². The number of piperidine rings is 1. The van der Waals surface area contributed by atoms with Crippen LogP contribution in [0, 0.1) is 0 Å². The second-order valence-corrected chi connectivity index (χ2v) is 8.00. The van der Waals surface area contributed by atoms with E-state index in [-0.39, 0.29) is 17.5 Å². The van der Waals surface area contributed by atoms with Gasteiger partial charge in [0.2, 0.25) is 0 Å². The predicted molar refractivity (Wildman–Crippen MR) is 110 cm³/mol. The molecule has 1 aromatic carbocycles. The Balaban J connectivity index is 1.36. The topological polar surface area (TPSA) is 80.1 Å². The first-order valence-electron chi connectivity index (χ1n) is 9.61. The first-order chi connectivity index (χ1) is 13.7. The van der Waals surface area contributed by atoms with Gasteiger partial charge in [0.1, 0.15) is 0 Å². The molecule has 0 aliphatic carbocycles.